The van der Waals surface area contributed by atoms with Gasteiger partial charge >= 0.3 is 0 Å². The number of oxime groups is 1. The normalized spacial score (nSPS) is 22.6. The van der Waals surface area contributed by atoms with Crippen LogP contribution < -0.4 is 0 Å². The molecule has 0 spiro atoms. The van der Waals surface area contributed by atoms with Gasteiger partial charge in [-0.05, 0) is 17.9 Å². The maximum Gasteiger partial charge on any atom is 0.141 e. The third kappa shape index (κ3) is 2.58. The summed E-state index contributed by atoms with van der Waals surface area (Å²) < 4.78 is 0. The molecule has 0 heterocycles. The second-order valence-electron chi connectivity index (χ2n) is 2.76. The van der Waals surface area contributed by atoms with Gasteiger partial charge in [0.15, 0.2) is 0 Å². The molecule has 2 heteroatoms. The summed E-state index contributed by atoms with van der Waals surface area (Å²) >= 11 is 0. The predicted octanol–water partition coefficient (Wildman–Crippen LogP) is 2.14. The zero-order chi connectivity index (χ0) is 8.10. The van der Waals surface area contributed by atoms with Gasteiger partial charge in [0.25, 0.3) is 0 Å². The average molecular weight is 151 g/mol. The summed E-state index contributed by atoms with van der Waals surface area (Å²) in [6.45, 7) is 5.97. The molecular weight excluding hydrogens is 138 g/mol. The average Bonchev–Trinajstić information content (AvgIpc) is 2.01. The van der Waals surface area contributed by atoms with E-state index in [1.807, 2.05) is 0 Å². The summed E-state index contributed by atoms with van der Waals surface area (Å²) in [6, 6.07) is 0. The van der Waals surface area contributed by atoms with Crippen LogP contribution in [0.5, 0.6) is 0 Å². The van der Waals surface area contributed by atoms with E-state index in [9.17, 15) is 0 Å². The monoisotopic (exact) mass is 151 g/mol. The minimum atomic E-state index is 0.546. The Hall–Kier alpha value is -1.05. The van der Waals surface area contributed by atoms with Crippen LogP contribution in [-0.2, 0) is 4.84 Å². The fraction of sp³-hybridized carbons (Fsp3) is 0.444. The van der Waals surface area contributed by atoms with Crippen molar-refractivity contribution >= 4 is 6.72 Å². The van der Waals surface area contributed by atoms with E-state index in [4.69, 9.17) is 4.84 Å². The predicted molar refractivity (Wildman–Crippen MR) is 46.5 cm³/mol. The largest absolute Gasteiger partial charge is 0.392 e. The van der Waals surface area contributed by atoms with Gasteiger partial charge in [0.1, 0.15) is 6.61 Å². The molecule has 0 aromatic heterocycles. The third-order valence-corrected chi connectivity index (χ3v) is 1.66. The Morgan fingerprint density at radius 1 is 1.82 bits per heavy atom. The lowest BCUT2D eigenvalue weighted by atomic mass is 9.99. The topological polar surface area (TPSA) is 21.6 Å². The lowest BCUT2D eigenvalue weighted by molar-refractivity contribution is 0.172. The summed E-state index contributed by atoms with van der Waals surface area (Å²) in [4.78, 5) is 4.82. The SMILES string of the molecule is C=NOCC1=CC(C)CC=C1. The molecule has 0 N–H and O–H groups in total. The molecule has 0 radical (unpaired) electrons. The fourth-order valence-electron chi connectivity index (χ4n) is 1.14. The maximum absolute atomic E-state index is 4.82. The van der Waals surface area contributed by atoms with Gasteiger partial charge in [0.2, 0.25) is 0 Å². The molecule has 11 heavy (non-hydrogen) atoms. The number of rotatable bonds is 3. The maximum atomic E-state index is 4.82. The van der Waals surface area contributed by atoms with E-state index in [2.05, 4.69) is 37.0 Å². The molecule has 1 aliphatic rings. The van der Waals surface area contributed by atoms with Crippen molar-refractivity contribution in [1.82, 2.24) is 0 Å². The first-order valence-electron chi connectivity index (χ1n) is 3.78. The summed E-state index contributed by atoms with van der Waals surface area (Å²) in [5, 5.41) is 3.33. The van der Waals surface area contributed by atoms with Crippen LogP contribution in [0.3, 0.4) is 0 Å². The van der Waals surface area contributed by atoms with E-state index in [0.29, 0.717) is 12.5 Å². The second-order valence-corrected chi connectivity index (χ2v) is 2.76. The lowest BCUT2D eigenvalue weighted by Gasteiger charge is -2.10. The molecule has 1 aliphatic carbocycles. The Labute approximate surface area is 67.2 Å². The standard InChI is InChI=1S/C9H13NO/c1-8-4-3-5-9(6-8)7-11-10-2/h3,5-6,8H,2,4,7H2,1H3. The fourth-order valence-corrected chi connectivity index (χ4v) is 1.14. The first kappa shape index (κ1) is 8.05. The minimum absolute atomic E-state index is 0.546. The number of nitrogens with zero attached hydrogens (tertiary/aromatic N) is 1. The molecule has 2 nitrogen and oxygen atoms in total. The molecule has 1 unspecified atom stereocenters. The number of allylic oxidation sites excluding steroid dienone is 2. The molecule has 1 atom stereocenters. The van der Waals surface area contributed by atoms with Crippen LogP contribution in [0, 0.1) is 5.92 Å². The van der Waals surface area contributed by atoms with E-state index in [0.717, 1.165) is 6.42 Å². The van der Waals surface area contributed by atoms with Crippen molar-refractivity contribution in [3.63, 3.8) is 0 Å². The van der Waals surface area contributed by atoms with Gasteiger partial charge < -0.3 is 4.84 Å². The smallest absolute Gasteiger partial charge is 0.141 e. The Morgan fingerprint density at radius 2 is 2.64 bits per heavy atom. The minimum Gasteiger partial charge on any atom is -0.392 e. The Kier molecular flexibility index (Phi) is 2.90. The molecule has 1 rings (SSSR count). The van der Waals surface area contributed by atoms with Crippen LogP contribution >= 0.6 is 0 Å². The van der Waals surface area contributed by atoms with Crippen LogP contribution in [0.1, 0.15) is 13.3 Å². The first-order valence-corrected chi connectivity index (χ1v) is 3.78. The quantitative estimate of drug-likeness (QED) is 0.447. The molecule has 60 valence electrons. The molecule has 0 amide bonds. The molecule has 0 aromatic carbocycles. The highest BCUT2D eigenvalue weighted by Crippen LogP contribution is 2.15. The first-order chi connectivity index (χ1) is 5.33. The molecule has 0 saturated carbocycles. The number of hydrogen-bond acceptors (Lipinski definition) is 2. The van der Waals surface area contributed by atoms with Crippen molar-refractivity contribution in [2.45, 2.75) is 13.3 Å². The Bertz CT molecular complexity index is 194. The van der Waals surface area contributed by atoms with Gasteiger partial charge in [-0.15, -0.1) is 5.16 Å². The highest BCUT2D eigenvalue weighted by molar-refractivity contribution is 5.24. The van der Waals surface area contributed by atoms with Crippen LogP contribution in [0.4, 0.5) is 0 Å². The van der Waals surface area contributed by atoms with Crippen molar-refractivity contribution in [3.8, 4) is 0 Å². The third-order valence-electron chi connectivity index (χ3n) is 1.66. The van der Waals surface area contributed by atoms with Crippen molar-refractivity contribution in [3.05, 3.63) is 23.8 Å². The van der Waals surface area contributed by atoms with E-state index in [1.54, 1.807) is 0 Å². The van der Waals surface area contributed by atoms with Gasteiger partial charge in [-0.1, -0.05) is 25.2 Å². The van der Waals surface area contributed by atoms with Gasteiger partial charge in [-0.2, -0.15) is 0 Å². The summed E-state index contributed by atoms with van der Waals surface area (Å²) in [6.07, 6.45) is 7.56. The van der Waals surface area contributed by atoms with Crippen LogP contribution in [0.15, 0.2) is 29.0 Å². The van der Waals surface area contributed by atoms with Gasteiger partial charge in [-0.3, -0.25) is 0 Å². The second kappa shape index (κ2) is 3.96. The van der Waals surface area contributed by atoms with Crippen LogP contribution in [-0.4, -0.2) is 13.3 Å². The van der Waals surface area contributed by atoms with E-state index < -0.39 is 0 Å². The van der Waals surface area contributed by atoms with Crippen molar-refractivity contribution in [2.75, 3.05) is 6.61 Å². The van der Waals surface area contributed by atoms with Crippen molar-refractivity contribution in [1.29, 1.82) is 0 Å². The molecule has 0 saturated heterocycles. The highest BCUT2D eigenvalue weighted by atomic mass is 16.6. The van der Waals surface area contributed by atoms with Crippen molar-refractivity contribution in [2.24, 2.45) is 11.1 Å². The zero-order valence-electron chi connectivity index (χ0n) is 6.79. The van der Waals surface area contributed by atoms with E-state index >= 15 is 0 Å². The van der Waals surface area contributed by atoms with Crippen LogP contribution in [0.2, 0.25) is 0 Å². The van der Waals surface area contributed by atoms with E-state index in [-0.39, 0.29) is 0 Å². The highest BCUT2D eigenvalue weighted by Gasteiger charge is 2.03. The molecular formula is C9H13NO. The molecule has 0 bridgehead atoms. The molecule has 0 aliphatic heterocycles. The molecule has 0 fully saturated rings. The molecule has 0 aromatic rings. The number of hydrogen-bond donors (Lipinski definition) is 0. The lowest BCUT2D eigenvalue weighted by Crippen LogP contribution is -1.99. The Morgan fingerprint density at radius 3 is 3.27 bits per heavy atom. The Balaban J connectivity index is 2.43. The van der Waals surface area contributed by atoms with Gasteiger partial charge in [-0.25, -0.2) is 0 Å². The zero-order valence-corrected chi connectivity index (χ0v) is 6.79. The summed E-state index contributed by atoms with van der Waals surface area (Å²) in [5.74, 6) is 0.628. The van der Waals surface area contributed by atoms with E-state index in [1.165, 1.54) is 5.57 Å². The summed E-state index contributed by atoms with van der Waals surface area (Å²) in [5.41, 5.74) is 1.19. The summed E-state index contributed by atoms with van der Waals surface area (Å²) in [7, 11) is 0. The van der Waals surface area contributed by atoms with Gasteiger partial charge in [0.05, 0.1) is 0 Å². The van der Waals surface area contributed by atoms with Crippen LogP contribution in [0.25, 0.3) is 0 Å². The van der Waals surface area contributed by atoms with Gasteiger partial charge in [0, 0.05) is 6.72 Å². The van der Waals surface area contributed by atoms with Crippen molar-refractivity contribution < 1.29 is 4.84 Å².